The summed E-state index contributed by atoms with van der Waals surface area (Å²) in [6.45, 7) is 2.06. The number of aryl methyl sites for hydroxylation is 1. The standard InChI is InChI=1S/C17H13N3/c1-12-3-2-4-15-16(9-10-19-17(12)15)20-14-7-5-13(11-18)6-8-14/h2-10H,1H3,(H,19,20). The van der Waals surface area contributed by atoms with Crippen LogP contribution in [0.3, 0.4) is 0 Å². The topological polar surface area (TPSA) is 48.7 Å². The Morgan fingerprint density at radius 2 is 1.85 bits per heavy atom. The summed E-state index contributed by atoms with van der Waals surface area (Å²) in [5.74, 6) is 0. The second kappa shape index (κ2) is 5.02. The van der Waals surface area contributed by atoms with E-state index in [1.54, 1.807) is 18.3 Å². The van der Waals surface area contributed by atoms with E-state index in [0.29, 0.717) is 5.56 Å². The Kier molecular flexibility index (Phi) is 3.06. The lowest BCUT2D eigenvalue weighted by molar-refractivity contribution is 1.36. The van der Waals surface area contributed by atoms with Gasteiger partial charge in [-0.1, -0.05) is 18.2 Å². The summed E-state index contributed by atoms with van der Waals surface area (Å²) in [5.41, 5.74) is 4.80. The molecule has 0 bridgehead atoms. The normalized spacial score (nSPS) is 10.2. The molecule has 0 amide bonds. The zero-order chi connectivity index (χ0) is 13.9. The molecule has 0 fully saturated rings. The molecule has 3 rings (SSSR count). The summed E-state index contributed by atoms with van der Waals surface area (Å²) >= 11 is 0. The van der Waals surface area contributed by atoms with Crippen molar-refractivity contribution in [2.45, 2.75) is 6.92 Å². The number of aromatic nitrogens is 1. The molecule has 1 heterocycles. The minimum Gasteiger partial charge on any atom is -0.355 e. The van der Waals surface area contributed by atoms with Crippen molar-refractivity contribution < 1.29 is 0 Å². The van der Waals surface area contributed by atoms with Crippen molar-refractivity contribution in [2.24, 2.45) is 0 Å². The number of hydrogen-bond donors (Lipinski definition) is 1. The third-order valence-electron chi connectivity index (χ3n) is 3.27. The van der Waals surface area contributed by atoms with E-state index in [9.17, 15) is 0 Å². The molecule has 3 nitrogen and oxygen atoms in total. The average Bonchev–Trinajstić information content (AvgIpc) is 2.49. The molecule has 0 radical (unpaired) electrons. The van der Waals surface area contributed by atoms with Crippen LogP contribution in [-0.4, -0.2) is 4.98 Å². The van der Waals surface area contributed by atoms with Crippen LogP contribution in [0.15, 0.2) is 54.7 Å². The van der Waals surface area contributed by atoms with Crippen LogP contribution in [0.4, 0.5) is 11.4 Å². The van der Waals surface area contributed by atoms with E-state index < -0.39 is 0 Å². The highest BCUT2D eigenvalue weighted by Crippen LogP contribution is 2.26. The number of nitrogens with zero attached hydrogens (tertiary/aromatic N) is 2. The van der Waals surface area contributed by atoms with E-state index in [1.807, 2.05) is 24.3 Å². The lowest BCUT2D eigenvalue weighted by Crippen LogP contribution is -1.93. The van der Waals surface area contributed by atoms with Crippen LogP contribution in [0, 0.1) is 18.3 Å². The van der Waals surface area contributed by atoms with Gasteiger partial charge in [0.25, 0.3) is 0 Å². The fourth-order valence-corrected chi connectivity index (χ4v) is 2.22. The first-order valence-corrected chi connectivity index (χ1v) is 6.39. The Balaban J connectivity index is 2.02. The van der Waals surface area contributed by atoms with Gasteiger partial charge in [-0.05, 0) is 42.8 Å². The lowest BCUT2D eigenvalue weighted by Gasteiger charge is -2.10. The third kappa shape index (κ3) is 2.19. The van der Waals surface area contributed by atoms with Gasteiger partial charge >= 0.3 is 0 Å². The Labute approximate surface area is 117 Å². The molecule has 0 aliphatic carbocycles. The Morgan fingerprint density at radius 1 is 1.05 bits per heavy atom. The second-order valence-corrected chi connectivity index (χ2v) is 4.64. The molecule has 0 atom stereocenters. The van der Waals surface area contributed by atoms with Gasteiger partial charge in [0.1, 0.15) is 0 Å². The molecule has 3 heteroatoms. The fraction of sp³-hybridized carbons (Fsp3) is 0.0588. The summed E-state index contributed by atoms with van der Waals surface area (Å²) in [7, 11) is 0. The molecule has 1 N–H and O–H groups in total. The van der Waals surface area contributed by atoms with Gasteiger partial charge in [-0.3, -0.25) is 4.98 Å². The lowest BCUT2D eigenvalue weighted by atomic mass is 10.1. The molecule has 0 spiro atoms. The number of para-hydroxylation sites is 1. The third-order valence-corrected chi connectivity index (χ3v) is 3.27. The van der Waals surface area contributed by atoms with Crippen molar-refractivity contribution in [3.05, 3.63) is 65.9 Å². The van der Waals surface area contributed by atoms with Gasteiger partial charge in [0.05, 0.1) is 17.1 Å². The highest BCUT2D eigenvalue weighted by molar-refractivity contribution is 5.94. The number of anilines is 2. The molecule has 0 unspecified atom stereocenters. The predicted molar refractivity (Wildman–Crippen MR) is 80.9 cm³/mol. The van der Waals surface area contributed by atoms with Crippen molar-refractivity contribution in [1.29, 1.82) is 5.26 Å². The molecule has 96 valence electrons. The summed E-state index contributed by atoms with van der Waals surface area (Å²) < 4.78 is 0. The number of rotatable bonds is 2. The van der Waals surface area contributed by atoms with E-state index in [-0.39, 0.29) is 0 Å². The number of fused-ring (bicyclic) bond motifs is 1. The first-order chi connectivity index (χ1) is 9.78. The molecule has 0 saturated heterocycles. The van der Waals surface area contributed by atoms with E-state index in [2.05, 4.69) is 35.4 Å². The van der Waals surface area contributed by atoms with Gasteiger partial charge in [-0.15, -0.1) is 0 Å². The average molecular weight is 259 g/mol. The van der Waals surface area contributed by atoms with Crippen molar-refractivity contribution in [3.63, 3.8) is 0 Å². The quantitative estimate of drug-likeness (QED) is 0.751. The highest BCUT2D eigenvalue weighted by atomic mass is 14.9. The minimum atomic E-state index is 0.658. The van der Waals surface area contributed by atoms with Crippen LogP contribution in [-0.2, 0) is 0 Å². The van der Waals surface area contributed by atoms with Crippen LogP contribution in [0.25, 0.3) is 10.9 Å². The maximum absolute atomic E-state index is 8.81. The Hall–Kier alpha value is -2.86. The maximum atomic E-state index is 8.81. The minimum absolute atomic E-state index is 0.658. The Morgan fingerprint density at radius 3 is 2.60 bits per heavy atom. The van der Waals surface area contributed by atoms with E-state index >= 15 is 0 Å². The molecule has 0 aliphatic heterocycles. The smallest absolute Gasteiger partial charge is 0.0991 e. The molecule has 0 saturated carbocycles. The first kappa shape index (κ1) is 12.2. The molecular formula is C17H13N3. The number of pyridine rings is 1. The van der Waals surface area contributed by atoms with E-state index in [0.717, 1.165) is 27.8 Å². The maximum Gasteiger partial charge on any atom is 0.0991 e. The zero-order valence-electron chi connectivity index (χ0n) is 11.1. The van der Waals surface area contributed by atoms with Crippen LogP contribution in [0.5, 0.6) is 0 Å². The van der Waals surface area contributed by atoms with Crippen LogP contribution < -0.4 is 5.32 Å². The van der Waals surface area contributed by atoms with E-state index in [4.69, 9.17) is 5.26 Å². The van der Waals surface area contributed by atoms with Gasteiger partial charge in [-0.25, -0.2) is 0 Å². The van der Waals surface area contributed by atoms with Gasteiger partial charge < -0.3 is 5.32 Å². The van der Waals surface area contributed by atoms with Gasteiger partial charge in [0.15, 0.2) is 0 Å². The molecule has 3 aromatic rings. The number of benzene rings is 2. The van der Waals surface area contributed by atoms with Gasteiger partial charge in [-0.2, -0.15) is 5.26 Å². The number of hydrogen-bond acceptors (Lipinski definition) is 3. The van der Waals surface area contributed by atoms with Crippen LogP contribution >= 0.6 is 0 Å². The SMILES string of the molecule is Cc1cccc2c(Nc3ccc(C#N)cc3)ccnc12. The zero-order valence-corrected chi connectivity index (χ0v) is 11.1. The summed E-state index contributed by atoms with van der Waals surface area (Å²) in [6, 6.07) is 17.6. The molecule has 20 heavy (non-hydrogen) atoms. The molecule has 0 aliphatic rings. The number of nitriles is 1. The van der Waals surface area contributed by atoms with Gasteiger partial charge in [0, 0.05) is 23.0 Å². The van der Waals surface area contributed by atoms with Gasteiger partial charge in [0.2, 0.25) is 0 Å². The Bertz CT molecular complexity index is 799. The number of nitrogens with one attached hydrogen (secondary N) is 1. The summed E-state index contributed by atoms with van der Waals surface area (Å²) in [4.78, 5) is 4.43. The molecule has 1 aromatic heterocycles. The summed E-state index contributed by atoms with van der Waals surface area (Å²) in [5, 5.41) is 13.3. The van der Waals surface area contributed by atoms with Crippen molar-refractivity contribution in [1.82, 2.24) is 4.98 Å². The van der Waals surface area contributed by atoms with Crippen molar-refractivity contribution >= 4 is 22.3 Å². The second-order valence-electron chi connectivity index (χ2n) is 4.64. The van der Waals surface area contributed by atoms with Crippen molar-refractivity contribution in [3.8, 4) is 6.07 Å². The molecular weight excluding hydrogens is 246 g/mol. The van der Waals surface area contributed by atoms with Crippen molar-refractivity contribution in [2.75, 3.05) is 5.32 Å². The van der Waals surface area contributed by atoms with Crippen LogP contribution in [0.2, 0.25) is 0 Å². The fourth-order valence-electron chi connectivity index (χ4n) is 2.22. The predicted octanol–water partition coefficient (Wildman–Crippen LogP) is 4.16. The summed E-state index contributed by atoms with van der Waals surface area (Å²) in [6.07, 6.45) is 1.81. The van der Waals surface area contributed by atoms with E-state index in [1.165, 1.54) is 0 Å². The van der Waals surface area contributed by atoms with Crippen LogP contribution in [0.1, 0.15) is 11.1 Å². The largest absolute Gasteiger partial charge is 0.355 e. The monoisotopic (exact) mass is 259 g/mol. The molecule has 2 aromatic carbocycles. The first-order valence-electron chi connectivity index (χ1n) is 6.39. The highest BCUT2D eigenvalue weighted by Gasteiger charge is 2.04.